The lowest BCUT2D eigenvalue weighted by molar-refractivity contribution is 0.642. The van der Waals surface area contributed by atoms with E-state index in [2.05, 4.69) is 14.4 Å². The summed E-state index contributed by atoms with van der Waals surface area (Å²) in [5.74, 6) is 3.11. The van der Waals surface area contributed by atoms with Gasteiger partial charge in [0.05, 0.1) is 0 Å². The second-order valence-corrected chi connectivity index (χ2v) is 4.60. The minimum atomic E-state index is 0.659. The van der Waals surface area contributed by atoms with E-state index in [0.717, 1.165) is 19.5 Å². The fourth-order valence-electron chi connectivity index (χ4n) is 1.00. The van der Waals surface area contributed by atoms with E-state index in [4.69, 9.17) is 5.73 Å². The molecule has 0 fully saturated rings. The first kappa shape index (κ1) is 10.1. The normalized spacial score (nSPS) is 21.8. The molecule has 0 aliphatic carbocycles. The second-order valence-electron chi connectivity index (χ2n) is 2.75. The Labute approximate surface area is 80.4 Å². The van der Waals surface area contributed by atoms with Crippen molar-refractivity contribution in [3.63, 3.8) is 0 Å². The maximum absolute atomic E-state index is 5.72. The van der Waals surface area contributed by atoms with Gasteiger partial charge in [0.1, 0.15) is 0 Å². The van der Waals surface area contributed by atoms with E-state index in [1.807, 2.05) is 16.4 Å². The smallest absolute Gasteiger partial charge is 0.194 e. The standard InChI is InChI=1S/C7H16N3PS/c8-7-9-3-1-5-12-6-2-4-10(7)11/h1-6,11H2,(H2,8,9). The molecule has 0 aromatic carbocycles. The van der Waals surface area contributed by atoms with Gasteiger partial charge in [-0.2, -0.15) is 11.8 Å². The van der Waals surface area contributed by atoms with Crippen molar-refractivity contribution in [3.8, 4) is 0 Å². The van der Waals surface area contributed by atoms with Crippen LogP contribution in [0.1, 0.15) is 12.8 Å². The van der Waals surface area contributed by atoms with E-state index in [-0.39, 0.29) is 0 Å². The highest BCUT2D eigenvalue weighted by Crippen LogP contribution is 2.09. The molecule has 0 spiro atoms. The van der Waals surface area contributed by atoms with Crippen LogP contribution in [-0.2, 0) is 0 Å². The number of nitrogens with two attached hydrogens (primary N) is 1. The Hall–Kier alpha value is 0.0500. The zero-order valence-electron chi connectivity index (χ0n) is 7.20. The third-order valence-electron chi connectivity index (χ3n) is 1.70. The topological polar surface area (TPSA) is 41.6 Å². The highest BCUT2D eigenvalue weighted by Gasteiger charge is 2.02. The first-order valence-corrected chi connectivity index (χ1v) is 5.87. The van der Waals surface area contributed by atoms with Gasteiger partial charge in [0.15, 0.2) is 5.96 Å². The Balaban J connectivity index is 2.42. The van der Waals surface area contributed by atoms with Gasteiger partial charge in [-0.15, -0.1) is 0 Å². The molecular formula is C7H16N3PS. The van der Waals surface area contributed by atoms with Crippen LogP contribution >= 0.6 is 21.2 Å². The van der Waals surface area contributed by atoms with Crippen LogP contribution in [0.25, 0.3) is 0 Å². The van der Waals surface area contributed by atoms with E-state index in [9.17, 15) is 0 Å². The van der Waals surface area contributed by atoms with E-state index in [1.54, 1.807) is 0 Å². The molecule has 2 N–H and O–H groups in total. The van der Waals surface area contributed by atoms with E-state index < -0.39 is 0 Å². The quantitative estimate of drug-likeness (QED) is 0.598. The molecule has 12 heavy (non-hydrogen) atoms. The van der Waals surface area contributed by atoms with Gasteiger partial charge in [0, 0.05) is 13.1 Å². The molecule has 0 bridgehead atoms. The summed E-state index contributed by atoms with van der Waals surface area (Å²) in [5.41, 5.74) is 5.72. The largest absolute Gasteiger partial charge is 0.370 e. The number of guanidine groups is 1. The number of thioether (sulfide) groups is 1. The highest BCUT2D eigenvalue weighted by atomic mass is 32.2. The minimum Gasteiger partial charge on any atom is -0.370 e. The molecular weight excluding hydrogens is 189 g/mol. The average Bonchev–Trinajstić information content (AvgIpc) is 2.08. The van der Waals surface area contributed by atoms with Crippen LogP contribution in [0, 0.1) is 0 Å². The summed E-state index contributed by atoms with van der Waals surface area (Å²) < 4.78 is 1.95. The lowest BCUT2D eigenvalue weighted by Crippen LogP contribution is -2.30. The molecule has 3 nitrogen and oxygen atoms in total. The molecule has 0 aromatic heterocycles. The van der Waals surface area contributed by atoms with E-state index in [0.29, 0.717) is 5.96 Å². The molecule has 1 aliphatic rings. The fraction of sp³-hybridized carbons (Fsp3) is 0.857. The van der Waals surface area contributed by atoms with Crippen molar-refractivity contribution >= 4 is 27.1 Å². The van der Waals surface area contributed by atoms with Crippen molar-refractivity contribution in [1.29, 1.82) is 0 Å². The molecule has 0 aromatic rings. The van der Waals surface area contributed by atoms with Crippen molar-refractivity contribution in [3.05, 3.63) is 0 Å². The van der Waals surface area contributed by atoms with Crippen LogP contribution in [0.2, 0.25) is 0 Å². The molecule has 0 radical (unpaired) electrons. The number of hydrogen-bond acceptors (Lipinski definition) is 4. The van der Waals surface area contributed by atoms with Crippen molar-refractivity contribution in [1.82, 2.24) is 4.67 Å². The van der Waals surface area contributed by atoms with Gasteiger partial charge in [-0.3, -0.25) is 4.99 Å². The predicted molar refractivity (Wildman–Crippen MR) is 59.5 cm³/mol. The number of hydrogen-bond donors (Lipinski definition) is 1. The summed E-state index contributed by atoms with van der Waals surface area (Å²) >= 11 is 2.01. The third kappa shape index (κ3) is 3.63. The van der Waals surface area contributed by atoms with Crippen molar-refractivity contribution in [2.24, 2.45) is 10.7 Å². The highest BCUT2D eigenvalue weighted by molar-refractivity contribution is 7.99. The van der Waals surface area contributed by atoms with Crippen molar-refractivity contribution in [2.75, 3.05) is 24.6 Å². The van der Waals surface area contributed by atoms with Crippen molar-refractivity contribution in [2.45, 2.75) is 12.8 Å². The first-order valence-electron chi connectivity index (χ1n) is 4.20. The van der Waals surface area contributed by atoms with Gasteiger partial charge in [0.2, 0.25) is 0 Å². The average molecular weight is 205 g/mol. The van der Waals surface area contributed by atoms with Gasteiger partial charge in [-0.25, -0.2) is 0 Å². The van der Waals surface area contributed by atoms with Crippen molar-refractivity contribution < 1.29 is 0 Å². The maximum Gasteiger partial charge on any atom is 0.194 e. The lowest BCUT2D eigenvalue weighted by Gasteiger charge is -2.18. The number of rotatable bonds is 0. The Morgan fingerprint density at radius 1 is 1.42 bits per heavy atom. The number of aliphatic imine (C=N–C) groups is 1. The van der Waals surface area contributed by atoms with Gasteiger partial charge >= 0.3 is 0 Å². The minimum absolute atomic E-state index is 0.659. The van der Waals surface area contributed by atoms with Crippen LogP contribution in [0.5, 0.6) is 0 Å². The lowest BCUT2D eigenvalue weighted by atomic mass is 10.5. The molecule has 0 saturated carbocycles. The summed E-state index contributed by atoms with van der Waals surface area (Å²) in [4.78, 5) is 4.25. The van der Waals surface area contributed by atoms with Crippen LogP contribution in [0.4, 0.5) is 0 Å². The predicted octanol–water partition coefficient (Wildman–Crippen LogP) is 0.920. The van der Waals surface area contributed by atoms with Crippen LogP contribution in [-0.4, -0.2) is 35.2 Å². The summed E-state index contributed by atoms with van der Waals surface area (Å²) in [6, 6.07) is 0. The molecule has 1 rings (SSSR count). The monoisotopic (exact) mass is 205 g/mol. The molecule has 0 saturated heterocycles. The Morgan fingerprint density at radius 2 is 2.17 bits per heavy atom. The van der Waals surface area contributed by atoms with Crippen LogP contribution in [0.15, 0.2) is 4.99 Å². The molecule has 1 aliphatic heterocycles. The molecule has 1 unspecified atom stereocenters. The fourth-order valence-corrected chi connectivity index (χ4v) is 2.14. The SMILES string of the molecule is NC1=NCCCSCCCN1P. The molecule has 1 atom stereocenters. The molecule has 1 heterocycles. The summed E-state index contributed by atoms with van der Waals surface area (Å²) in [6.45, 7) is 1.86. The molecule has 70 valence electrons. The van der Waals surface area contributed by atoms with E-state index >= 15 is 0 Å². The summed E-state index contributed by atoms with van der Waals surface area (Å²) in [7, 11) is 2.61. The number of nitrogens with zero attached hydrogens (tertiary/aromatic N) is 2. The van der Waals surface area contributed by atoms with E-state index in [1.165, 1.54) is 17.9 Å². The second kappa shape index (κ2) is 5.65. The summed E-state index contributed by atoms with van der Waals surface area (Å²) in [5, 5.41) is 0. The zero-order chi connectivity index (χ0) is 8.81. The van der Waals surface area contributed by atoms with Crippen LogP contribution in [0.3, 0.4) is 0 Å². The molecule has 0 amide bonds. The van der Waals surface area contributed by atoms with Gasteiger partial charge in [0.25, 0.3) is 0 Å². The van der Waals surface area contributed by atoms with Gasteiger partial charge < -0.3 is 10.4 Å². The van der Waals surface area contributed by atoms with Gasteiger partial charge in [-0.1, -0.05) is 0 Å². The first-order chi connectivity index (χ1) is 5.80. The Kier molecular flexibility index (Phi) is 4.77. The summed E-state index contributed by atoms with van der Waals surface area (Å²) in [6.07, 6.45) is 2.33. The third-order valence-corrected chi connectivity index (χ3v) is 3.38. The van der Waals surface area contributed by atoms with Gasteiger partial charge in [-0.05, 0) is 33.7 Å². The maximum atomic E-state index is 5.72. The zero-order valence-corrected chi connectivity index (χ0v) is 9.17. The Bertz CT molecular complexity index is 163. The molecule has 5 heteroatoms. The van der Waals surface area contributed by atoms with Crippen LogP contribution < -0.4 is 5.73 Å². The Morgan fingerprint density at radius 3 is 3.00 bits per heavy atom.